The van der Waals surface area contributed by atoms with Gasteiger partial charge in [0, 0.05) is 44.8 Å². The van der Waals surface area contributed by atoms with E-state index in [2.05, 4.69) is 28.7 Å². The van der Waals surface area contributed by atoms with Gasteiger partial charge in [0.25, 0.3) is 5.91 Å². The summed E-state index contributed by atoms with van der Waals surface area (Å²) in [6.07, 6.45) is 3.41. The van der Waals surface area contributed by atoms with Crippen LogP contribution in [0, 0.1) is 0 Å². The molecule has 1 aromatic carbocycles. The Labute approximate surface area is 149 Å². The van der Waals surface area contributed by atoms with Crippen molar-refractivity contribution in [1.82, 2.24) is 9.80 Å². The lowest BCUT2D eigenvalue weighted by molar-refractivity contribution is -0.111. The molecule has 2 saturated heterocycles. The Hall–Kier alpha value is -2.34. The van der Waals surface area contributed by atoms with Gasteiger partial charge >= 0.3 is 0 Å². The Bertz CT molecular complexity index is 659. The second kappa shape index (κ2) is 7.70. The fraction of sp³-hybridized carbons (Fsp3) is 0.474. The van der Waals surface area contributed by atoms with Crippen molar-refractivity contribution < 1.29 is 9.59 Å². The number of carbonyl (C=O) groups is 2. The number of anilines is 2. The molecule has 2 amide bonds. The molecule has 6 nitrogen and oxygen atoms in total. The second-order valence-corrected chi connectivity index (χ2v) is 6.71. The van der Waals surface area contributed by atoms with E-state index in [9.17, 15) is 9.59 Å². The highest BCUT2D eigenvalue weighted by atomic mass is 16.2. The Morgan fingerprint density at radius 3 is 2.40 bits per heavy atom. The van der Waals surface area contributed by atoms with E-state index in [1.165, 1.54) is 6.08 Å². The number of likely N-dealkylation sites (tertiary alicyclic amines) is 1. The monoisotopic (exact) mass is 342 g/mol. The Balaban J connectivity index is 1.89. The third-order valence-corrected chi connectivity index (χ3v) is 4.93. The molecule has 134 valence electrons. The summed E-state index contributed by atoms with van der Waals surface area (Å²) in [6, 6.07) is 5.56. The molecule has 2 aliphatic heterocycles. The molecule has 25 heavy (non-hydrogen) atoms. The van der Waals surface area contributed by atoms with Crippen LogP contribution in [0.4, 0.5) is 11.4 Å². The van der Waals surface area contributed by atoms with Crippen LogP contribution < -0.4 is 10.2 Å². The van der Waals surface area contributed by atoms with Gasteiger partial charge in [0.1, 0.15) is 0 Å². The number of hydrogen-bond donors (Lipinski definition) is 1. The van der Waals surface area contributed by atoms with E-state index < -0.39 is 0 Å². The van der Waals surface area contributed by atoms with Gasteiger partial charge in [0.2, 0.25) is 5.91 Å². The minimum Gasteiger partial charge on any atom is -0.367 e. The van der Waals surface area contributed by atoms with Gasteiger partial charge in [-0.2, -0.15) is 0 Å². The third kappa shape index (κ3) is 4.02. The maximum absolute atomic E-state index is 12.7. The highest BCUT2D eigenvalue weighted by Crippen LogP contribution is 2.29. The molecule has 3 rings (SSSR count). The summed E-state index contributed by atoms with van der Waals surface area (Å²) in [4.78, 5) is 30.9. The number of likely N-dealkylation sites (N-methyl/N-ethyl adjacent to an activating group) is 1. The van der Waals surface area contributed by atoms with Crippen LogP contribution in [-0.2, 0) is 4.79 Å². The zero-order chi connectivity index (χ0) is 17.8. The van der Waals surface area contributed by atoms with Crippen molar-refractivity contribution in [3.05, 3.63) is 36.4 Å². The van der Waals surface area contributed by atoms with Gasteiger partial charge in [0.15, 0.2) is 0 Å². The van der Waals surface area contributed by atoms with Crippen molar-refractivity contribution in [2.24, 2.45) is 0 Å². The molecule has 1 N–H and O–H groups in total. The fourth-order valence-corrected chi connectivity index (χ4v) is 3.37. The zero-order valence-electron chi connectivity index (χ0n) is 14.8. The molecular formula is C19H26N4O2. The van der Waals surface area contributed by atoms with Crippen molar-refractivity contribution in [2.75, 3.05) is 56.5 Å². The Kier molecular flexibility index (Phi) is 5.38. The lowest BCUT2D eigenvalue weighted by Gasteiger charge is -2.35. The van der Waals surface area contributed by atoms with Gasteiger partial charge in [-0.25, -0.2) is 0 Å². The van der Waals surface area contributed by atoms with E-state index in [1.807, 2.05) is 17.0 Å². The van der Waals surface area contributed by atoms with E-state index >= 15 is 0 Å². The van der Waals surface area contributed by atoms with Crippen LogP contribution in [0.25, 0.3) is 0 Å². The third-order valence-electron chi connectivity index (χ3n) is 4.93. The minimum absolute atomic E-state index is 0.0782. The molecule has 0 bridgehead atoms. The SMILES string of the molecule is C=CC(=O)Nc1ccc(C(=O)N2CCCC2)cc1N1CCN(C)CC1. The molecule has 0 aromatic heterocycles. The van der Waals surface area contributed by atoms with Crippen molar-refractivity contribution >= 4 is 23.2 Å². The number of hydrogen-bond acceptors (Lipinski definition) is 4. The van der Waals surface area contributed by atoms with E-state index in [4.69, 9.17) is 0 Å². The Morgan fingerprint density at radius 2 is 1.76 bits per heavy atom. The molecule has 0 atom stereocenters. The number of amides is 2. The minimum atomic E-state index is -0.242. The molecule has 1 aromatic rings. The van der Waals surface area contributed by atoms with Crippen LogP contribution in [0.5, 0.6) is 0 Å². The number of nitrogens with one attached hydrogen (secondary N) is 1. The topological polar surface area (TPSA) is 55.9 Å². The van der Waals surface area contributed by atoms with E-state index in [1.54, 1.807) is 6.07 Å². The zero-order valence-corrected chi connectivity index (χ0v) is 14.8. The van der Waals surface area contributed by atoms with Gasteiger partial charge in [0.05, 0.1) is 11.4 Å². The molecule has 0 radical (unpaired) electrons. The van der Waals surface area contributed by atoms with Gasteiger partial charge < -0.3 is 20.0 Å². The molecule has 0 unspecified atom stereocenters. The fourth-order valence-electron chi connectivity index (χ4n) is 3.37. The van der Waals surface area contributed by atoms with Crippen molar-refractivity contribution in [3.8, 4) is 0 Å². The van der Waals surface area contributed by atoms with Gasteiger partial charge in [-0.3, -0.25) is 9.59 Å². The lowest BCUT2D eigenvalue weighted by Crippen LogP contribution is -2.44. The maximum atomic E-state index is 12.7. The summed E-state index contributed by atoms with van der Waals surface area (Å²) in [6.45, 7) is 8.83. The first-order valence-corrected chi connectivity index (χ1v) is 8.88. The van der Waals surface area contributed by atoms with Crippen molar-refractivity contribution in [1.29, 1.82) is 0 Å². The number of carbonyl (C=O) groups excluding carboxylic acids is 2. The average molecular weight is 342 g/mol. The van der Waals surface area contributed by atoms with E-state index in [-0.39, 0.29) is 11.8 Å². The molecule has 2 fully saturated rings. The van der Waals surface area contributed by atoms with Crippen LogP contribution in [0.2, 0.25) is 0 Å². The molecule has 0 aliphatic carbocycles. The molecule has 2 heterocycles. The van der Waals surface area contributed by atoms with Gasteiger partial charge in [-0.1, -0.05) is 6.58 Å². The summed E-state index contributed by atoms with van der Waals surface area (Å²) < 4.78 is 0. The predicted octanol–water partition coefficient (Wildman–Crippen LogP) is 1.80. The predicted molar refractivity (Wildman–Crippen MR) is 100 cm³/mol. The van der Waals surface area contributed by atoms with Gasteiger partial charge in [-0.15, -0.1) is 0 Å². The standard InChI is InChI=1S/C19H26N4O2/c1-3-18(24)20-16-7-6-15(19(25)23-8-4-5-9-23)14-17(16)22-12-10-21(2)11-13-22/h3,6-7,14H,1,4-5,8-13H2,2H3,(H,20,24). The summed E-state index contributed by atoms with van der Waals surface area (Å²) in [5.74, 6) is -0.163. The molecular weight excluding hydrogens is 316 g/mol. The normalized spacial score (nSPS) is 18.3. The molecule has 2 aliphatic rings. The highest BCUT2D eigenvalue weighted by molar-refractivity contribution is 6.03. The maximum Gasteiger partial charge on any atom is 0.253 e. The largest absolute Gasteiger partial charge is 0.367 e. The second-order valence-electron chi connectivity index (χ2n) is 6.71. The quantitative estimate of drug-likeness (QED) is 0.848. The van der Waals surface area contributed by atoms with Crippen LogP contribution >= 0.6 is 0 Å². The van der Waals surface area contributed by atoms with Crippen LogP contribution in [-0.4, -0.2) is 67.9 Å². The highest BCUT2D eigenvalue weighted by Gasteiger charge is 2.23. The summed E-state index contributed by atoms with van der Waals surface area (Å²) in [5.41, 5.74) is 2.33. The summed E-state index contributed by atoms with van der Waals surface area (Å²) >= 11 is 0. The van der Waals surface area contributed by atoms with Gasteiger partial charge in [-0.05, 0) is 44.2 Å². The molecule has 0 saturated carbocycles. The first kappa shape index (κ1) is 17.5. The number of benzene rings is 1. The Morgan fingerprint density at radius 1 is 1.08 bits per heavy atom. The van der Waals surface area contributed by atoms with E-state index in [0.717, 1.165) is 63.5 Å². The lowest BCUT2D eigenvalue weighted by atomic mass is 10.1. The number of nitrogens with zero attached hydrogens (tertiary/aromatic N) is 3. The first-order valence-electron chi connectivity index (χ1n) is 8.88. The van der Waals surface area contributed by atoms with Crippen LogP contribution in [0.1, 0.15) is 23.2 Å². The van der Waals surface area contributed by atoms with Crippen molar-refractivity contribution in [3.63, 3.8) is 0 Å². The number of rotatable bonds is 4. The van der Waals surface area contributed by atoms with Crippen LogP contribution in [0.3, 0.4) is 0 Å². The smallest absolute Gasteiger partial charge is 0.253 e. The van der Waals surface area contributed by atoms with Crippen molar-refractivity contribution in [2.45, 2.75) is 12.8 Å². The summed E-state index contributed by atoms with van der Waals surface area (Å²) in [5, 5.41) is 2.87. The molecule has 6 heteroatoms. The molecule has 0 spiro atoms. The summed E-state index contributed by atoms with van der Waals surface area (Å²) in [7, 11) is 2.10. The average Bonchev–Trinajstić information content (AvgIpc) is 3.17. The van der Waals surface area contributed by atoms with E-state index in [0.29, 0.717) is 5.56 Å². The number of piperazine rings is 1. The van der Waals surface area contributed by atoms with Crippen LogP contribution in [0.15, 0.2) is 30.9 Å². The first-order chi connectivity index (χ1) is 12.1.